The van der Waals surface area contributed by atoms with Gasteiger partial charge in [0.05, 0.1) is 18.9 Å². The average molecular weight is 307 g/mol. The lowest BCUT2D eigenvalue weighted by Gasteiger charge is -2.12. The summed E-state index contributed by atoms with van der Waals surface area (Å²) >= 11 is 1.47. The van der Waals surface area contributed by atoms with Gasteiger partial charge in [-0.1, -0.05) is 6.92 Å². The van der Waals surface area contributed by atoms with Crippen LogP contribution in [0, 0.1) is 5.82 Å². The highest BCUT2D eigenvalue weighted by Crippen LogP contribution is 2.26. The van der Waals surface area contributed by atoms with E-state index in [4.69, 9.17) is 4.74 Å². The summed E-state index contributed by atoms with van der Waals surface area (Å²) < 4.78 is 18.3. The lowest BCUT2D eigenvalue weighted by atomic mass is 10.2. The molecular weight excluding hydrogens is 289 g/mol. The molecule has 21 heavy (non-hydrogen) atoms. The van der Waals surface area contributed by atoms with E-state index in [1.54, 1.807) is 30.6 Å². The molecule has 1 N–H and O–H groups in total. The molecule has 0 aliphatic heterocycles. The first-order valence-corrected chi connectivity index (χ1v) is 7.81. The van der Waals surface area contributed by atoms with Crippen LogP contribution in [0.1, 0.15) is 25.0 Å². The smallest absolute Gasteiger partial charge is 0.137 e. The molecule has 3 nitrogen and oxygen atoms in total. The van der Waals surface area contributed by atoms with Gasteiger partial charge >= 0.3 is 0 Å². The molecule has 0 fully saturated rings. The van der Waals surface area contributed by atoms with Gasteiger partial charge < -0.3 is 9.84 Å². The first-order chi connectivity index (χ1) is 10.2. The van der Waals surface area contributed by atoms with Gasteiger partial charge in [0.2, 0.25) is 0 Å². The van der Waals surface area contributed by atoms with Gasteiger partial charge in [-0.05, 0) is 36.8 Å². The third-order valence-corrected chi connectivity index (χ3v) is 3.90. The fraction of sp³-hybridized carbons (Fsp3) is 0.312. The Labute approximate surface area is 128 Å². The molecular formula is C16H18FNO2S. The summed E-state index contributed by atoms with van der Waals surface area (Å²) in [5.41, 5.74) is 0.721. The maximum absolute atomic E-state index is 12.8. The molecule has 2 aromatic rings. The van der Waals surface area contributed by atoms with Crippen LogP contribution in [0.4, 0.5) is 4.39 Å². The highest BCUT2D eigenvalue weighted by Gasteiger charge is 2.10. The first-order valence-electron chi connectivity index (χ1n) is 6.83. The summed E-state index contributed by atoms with van der Waals surface area (Å²) in [6.45, 7) is 2.66. The number of thioether (sulfide) groups is 1. The van der Waals surface area contributed by atoms with Gasteiger partial charge in [0.15, 0.2) is 0 Å². The zero-order valence-electron chi connectivity index (χ0n) is 11.8. The van der Waals surface area contributed by atoms with Gasteiger partial charge in [0.25, 0.3) is 0 Å². The maximum Gasteiger partial charge on any atom is 0.137 e. The Bertz CT molecular complexity index is 562. The summed E-state index contributed by atoms with van der Waals surface area (Å²) in [5, 5.41) is 10.2. The van der Waals surface area contributed by atoms with Crippen molar-refractivity contribution in [3.8, 4) is 5.75 Å². The Balaban J connectivity index is 1.93. The number of pyridine rings is 1. The summed E-state index contributed by atoms with van der Waals surface area (Å²) in [7, 11) is 0. The number of ether oxygens (including phenoxy) is 1. The fourth-order valence-corrected chi connectivity index (χ4v) is 2.59. The standard InChI is InChI=1S/C16H18FNO2S/c1-2-7-20-14-8-12(9-18-10-14)16(19)11-21-15-5-3-13(17)4-6-15/h3-6,8-10,16,19H,2,7,11H2,1H3. The molecule has 1 heterocycles. The van der Waals surface area contributed by atoms with Crippen molar-refractivity contribution >= 4 is 11.8 Å². The van der Waals surface area contributed by atoms with Crippen LogP contribution in [-0.4, -0.2) is 22.5 Å². The van der Waals surface area contributed by atoms with E-state index in [1.165, 1.54) is 23.9 Å². The van der Waals surface area contributed by atoms with E-state index in [-0.39, 0.29) is 5.82 Å². The second-order valence-electron chi connectivity index (χ2n) is 4.58. The van der Waals surface area contributed by atoms with Crippen molar-refractivity contribution in [2.45, 2.75) is 24.3 Å². The van der Waals surface area contributed by atoms with E-state index >= 15 is 0 Å². The third kappa shape index (κ3) is 5.02. The van der Waals surface area contributed by atoms with Crippen molar-refractivity contribution in [1.29, 1.82) is 0 Å². The molecule has 2 rings (SSSR count). The second-order valence-corrected chi connectivity index (χ2v) is 5.68. The molecule has 1 atom stereocenters. The van der Waals surface area contributed by atoms with Crippen molar-refractivity contribution in [2.24, 2.45) is 0 Å². The van der Waals surface area contributed by atoms with E-state index in [2.05, 4.69) is 4.98 Å². The van der Waals surface area contributed by atoms with Crippen LogP contribution in [-0.2, 0) is 0 Å². The monoisotopic (exact) mass is 307 g/mol. The summed E-state index contributed by atoms with van der Waals surface area (Å²) in [4.78, 5) is 5.00. The number of benzene rings is 1. The second kappa shape index (κ2) is 8.00. The van der Waals surface area contributed by atoms with Gasteiger partial charge in [-0.25, -0.2) is 4.39 Å². The minimum Gasteiger partial charge on any atom is -0.492 e. The predicted molar refractivity (Wildman–Crippen MR) is 82.1 cm³/mol. The van der Waals surface area contributed by atoms with E-state index < -0.39 is 6.10 Å². The molecule has 112 valence electrons. The largest absolute Gasteiger partial charge is 0.492 e. The lowest BCUT2D eigenvalue weighted by molar-refractivity contribution is 0.202. The van der Waals surface area contributed by atoms with Crippen molar-refractivity contribution in [3.05, 3.63) is 54.1 Å². The first kappa shape index (κ1) is 15.8. The van der Waals surface area contributed by atoms with Crippen molar-refractivity contribution in [3.63, 3.8) is 0 Å². The Morgan fingerprint density at radius 1 is 1.29 bits per heavy atom. The minimum absolute atomic E-state index is 0.259. The van der Waals surface area contributed by atoms with E-state index in [0.29, 0.717) is 18.1 Å². The molecule has 0 aliphatic carbocycles. The van der Waals surface area contributed by atoms with Gasteiger partial charge in [0, 0.05) is 22.4 Å². The topological polar surface area (TPSA) is 42.4 Å². The maximum atomic E-state index is 12.8. The number of hydrogen-bond acceptors (Lipinski definition) is 4. The summed E-state index contributed by atoms with van der Waals surface area (Å²) in [6.07, 6.45) is 3.55. The number of aliphatic hydroxyl groups is 1. The number of aliphatic hydroxyl groups excluding tert-OH is 1. The molecule has 1 aromatic heterocycles. The zero-order valence-corrected chi connectivity index (χ0v) is 12.6. The highest BCUT2D eigenvalue weighted by molar-refractivity contribution is 7.99. The number of aromatic nitrogens is 1. The van der Waals surface area contributed by atoms with Crippen LogP contribution >= 0.6 is 11.8 Å². The predicted octanol–water partition coefficient (Wildman–Crippen LogP) is 3.84. The fourth-order valence-electron chi connectivity index (χ4n) is 1.72. The molecule has 0 bridgehead atoms. The molecule has 0 aliphatic rings. The van der Waals surface area contributed by atoms with Crippen molar-refractivity contribution < 1.29 is 14.2 Å². The Hall–Kier alpha value is -1.59. The van der Waals surface area contributed by atoms with Crippen LogP contribution in [0.25, 0.3) is 0 Å². The zero-order chi connectivity index (χ0) is 15.1. The van der Waals surface area contributed by atoms with E-state index in [0.717, 1.165) is 16.9 Å². The molecule has 1 aromatic carbocycles. The van der Waals surface area contributed by atoms with Crippen molar-refractivity contribution in [1.82, 2.24) is 4.98 Å². The SMILES string of the molecule is CCCOc1cncc(C(O)CSc2ccc(F)cc2)c1. The van der Waals surface area contributed by atoms with Crippen molar-refractivity contribution in [2.75, 3.05) is 12.4 Å². The number of halogens is 1. The quantitative estimate of drug-likeness (QED) is 0.789. The summed E-state index contributed by atoms with van der Waals surface area (Å²) in [6, 6.07) is 8.03. The molecule has 5 heteroatoms. The molecule has 0 saturated heterocycles. The third-order valence-electron chi connectivity index (χ3n) is 2.81. The van der Waals surface area contributed by atoms with Crippen LogP contribution < -0.4 is 4.74 Å². The molecule has 0 radical (unpaired) electrons. The molecule has 0 spiro atoms. The lowest BCUT2D eigenvalue weighted by Crippen LogP contribution is -2.03. The van der Waals surface area contributed by atoms with Crippen LogP contribution in [0.5, 0.6) is 5.75 Å². The van der Waals surface area contributed by atoms with Gasteiger partial charge in [0.1, 0.15) is 11.6 Å². The average Bonchev–Trinajstić information content (AvgIpc) is 2.52. The number of nitrogens with zero attached hydrogens (tertiary/aromatic N) is 1. The molecule has 0 amide bonds. The minimum atomic E-state index is -0.641. The number of hydrogen-bond donors (Lipinski definition) is 1. The van der Waals surface area contributed by atoms with E-state index in [9.17, 15) is 9.50 Å². The van der Waals surface area contributed by atoms with Gasteiger partial charge in [-0.15, -0.1) is 11.8 Å². The highest BCUT2D eigenvalue weighted by atomic mass is 32.2. The number of rotatable bonds is 7. The van der Waals surface area contributed by atoms with Gasteiger partial charge in [-0.3, -0.25) is 4.98 Å². The summed E-state index contributed by atoms with van der Waals surface area (Å²) in [5.74, 6) is 0.884. The van der Waals surface area contributed by atoms with Crippen LogP contribution in [0.15, 0.2) is 47.6 Å². The molecule has 0 saturated carbocycles. The Morgan fingerprint density at radius 2 is 2.05 bits per heavy atom. The Kier molecular flexibility index (Phi) is 6.02. The molecule has 1 unspecified atom stereocenters. The normalized spacial score (nSPS) is 12.1. The van der Waals surface area contributed by atoms with Crippen LogP contribution in [0.2, 0.25) is 0 Å². The van der Waals surface area contributed by atoms with Gasteiger partial charge in [-0.2, -0.15) is 0 Å². The van der Waals surface area contributed by atoms with E-state index in [1.807, 2.05) is 6.92 Å². The Morgan fingerprint density at radius 3 is 2.76 bits per heavy atom. The van der Waals surface area contributed by atoms with Crippen LogP contribution in [0.3, 0.4) is 0 Å².